The highest BCUT2D eigenvalue weighted by Crippen LogP contribution is 2.51. The number of nitrogens with two attached hydrogens (primary N) is 1. The van der Waals surface area contributed by atoms with E-state index < -0.39 is 59.2 Å². The van der Waals surface area contributed by atoms with Crippen LogP contribution in [0, 0.1) is 17.6 Å². The monoisotopic (exact) mass is 455 g/mol. The number of carbonyl (C=O) groups excluding carboxylic acids is 2. The summed E-state index contributed by atoms with van der Waals surface area (Å²) in [7, 11) is 1.10. The van der Waals surface area contributed by atoms with Crippen LogP contribution in [0.25, 0.3) is 0 Å². The molecule has 11 heteroatoms. The number of rotatable bonds is 6. The summed E-state index contributed by atoms with van der Waals surface area (Å²) in [6.45, 7) is 2.58. The fraction of sp³-hybridized carbons (Fsp3) is 0.381. The first kappa shape index (κ1) is 23.5. The van der Waals surface area contributed by atoms with E-state index in [0.717, 1.165) is 20.1 Å². The number of nitrogens with one attached hydrogen (secondary N) is 1. The Morgan fingerprint density at radius 2 is 1.97 bits per heavy atom. The highest BCUT2D eigenvalue weighted by atomic mass is 19.3. The minimum absolute atomic E-state index is 0.0102. The van der Waals surface area contributed by atoms with Crippen LogP contribution in [0.4, 0.5) is 23.2 Å². The zero-order valence-corrected chi connectivity index (χ0v) is 17.4. The zero-order chi connectivity index (χ0) is 23.8. The van der Waals surface area contributed by atoms with Crippen LogP contribution in [0.15, 0.2) is 30.5 Å². The van der Waals surface area contributed by atoms with Gasteiger partial charge >= 0.3 is 0 Å². The third kappa shape index (κ3) is 3.99. The van der Waals surface area contributed by atoms with E-state index in [-0.39, 0.29) is 16.9 Å². The predicted molar refractivity (Wildman–Crippen MR) is 105 cm³/mol. The summed E-state index contributed by atoms with van der Waals surface area (Å²) in [5, 5.41) is 2.47. The molecule has 32 heavy (non-hydrogen) atoms. The van der Waals surface area contributed by atoms with Gasteiger partial charge in [-0.2, -0.15) is 4.39 Å². The number of pyridine rings is 1. The van der Waals surface area contributed by atoms with E-state index in [9.17, 15) is 27.2 Å². The molecule has 2 aromatic rings. The first-order valence-corrected chi connectivity index (χ1v) is 9.55. The average molecular weight is 455 g/mol. The topological polar surface area (TPSA) is 104 Å². The molecule has 3 N–H and O–H groups in total. The van der Waals surface area contributed by atoms with Crippen LogP contribution in [0.1, 0.15) is 35.8 Å². The molecule has 0 aliphatic carbocycles. The molecule has 1 saturated heterocycles. The number of primary amides is 1. The van der Waals surface area contributed by atoms with Crippen molar-refractivity contribution in [2.45, 2.75) is 37.9 Å². The Hall–Kier alpha value is -3.21. The number of nitrogens with zero attached hydrogens (tertiary/aromatic N) is 1. The van der Waals surface area contributed by atoms with Gasteiger partial charge in [0.25, 0.3) is 18.2 Å². The molecule has 1 aliphatic rings. The molecule has 2 amide bonds. The van der Waals surface area contributed by atoms with Crippen molar-refractivity contribution in [3.63, 3.8) is 0 Å². The Morgan fingerprint density at radius 3 is 2.56 bits per heavy atom. The van der Waals surface area contributed by atoms with Gasteiger partial charge in [-0.3, -0.25) is 14.6 Å². The summed E-state index contributed by atoms with van der Waals surface area (Å²) in [6.07, 6.45) is -3.25. The number of alkyl halides is 2. The molecule has 0 unspecified atom stereocenters. The van der Waals surface area contributed by atoms with Crippen LogP contribution in [0.3, 0.4) is 0 Å². The van der Waals surface area contributed by atoms with Gasteiger partial charge in [0.2, 0.25) is 5.82 Å². The van der Waals surface area contributed by atoms with Gasteiger partial charge in [-0.1, -0.05) is 13.0 Å². The Kier molecular flexibility index (Phi) is 6.40. The number of hydrogen-bond donors (Lipinski definition) is 2. The number of benzene rings is 1. The smallest absolute Gasteiger partial charge is 0.267 e. The normalized spacial score (nSPS) is 25.1. The van der Waals surface area contributed by atoms with Crippen molar-refractivity contribution in [3.05, 3.63) is 53.4 Å². The number of amides is 2. The van der Waals surface area contributed by atoms with Gasteiger partial charge in [0.1, 0.15) is 17.4 Å². The van der Waals surface area contributed by atoms with Crippen molar-refractivity contribution in [3.8, 4) is 5.75 Å². The van der Waals surface area contributed by atoms with Crippen molar-refractivity contribution in [1.82, 2.24) is 4.98 Å². The molecule has 7 nitrogen and oxygen atoms in total. The van der Waals surface area contributed by atoms with E-state index in [2.05, 4.69) is 10.3 Å². The lowest BCUT2D eigenvalue weighted by Crippen LogP contribution is -2.40. The first-order chi connectivity index (χ1) is 15.0. The van der Waals surface area contributed by atoms with Crippen molar-refractivity contribution in [1.29, 1.82) is 0 Å². The second-order valence-electron chi connectivity index (χ2n) is 7.60. The van der Waals surface area contributed by atoms with Gasteiger partial charge in [0.05, 0.1) is 7.11 Å². The summed E-state index contributed by atoms with van der Waals surface area (Å²) in [5.41, 5.74) is 3.13. The second kappa shape index (κ2) is 8.73. The van der Waals surface area contributed by atoms with Crippen LogP contribution in [-0.2, 0) is 9.53 Å². The van der Waals surface area contributed by atoms with E-state index >= 15 is 0 Å². The van der Waals surface area contributed by atoms with E-state index in [0.29, 0.717) is 0 Å². The summed E-state index contributed by atoms with van der Waals surface area (Å²) in [4.78, 5) is 28.1. The molecule has 172 valence electrons. The molecule has 1 fully saturated rings. The largest absolute Gasteiger partial charge is 0.493 e. The zero-order valence-electron chi connectivity index (χ0n) is 17.4. The number of methoxy groups -OCH3 is 1. The summed E-state index contributed by atoms with van der Waals surface area (Å²) >= 11 is 0. The number of ether oxygens (including phenoxy) is 2. The van der Waals surface area contributed by atoms with Crippen LogP contribution >= 0.6 is 0 Å². The molecule has 0 spiro atoms. The number of carbonyl (C=O) groups is 2. The highest BCUT2D eigenvalue weighted by Gasteiger charge is 2.58. The van der Waals surface area contributed by atoms with E-state index in [4.69, 9.17) is 15.2 Å². The van der Waals surface area contributed by atoms with Gasteiger partial charge in [-0.25, -0.2) is 13.2 Å². The first-order valence-electron chi connectivity index (χ1n) is 9.55. The molecule has 4 atom stereocenters. The van der Waals surface area contributed by atoms with Crippen LogP contribution in [0.2, 0.25) is 0 Å². The van der Waals surface area contributed by atoms with Crippen LogP contribution in [-0.4, -0.2) is 42.0 Å². The van der Waals surface area contributed by atoms with Gasteiger partial charge in [-0.05, 0) is 25.1 Å². The van der Waals surface area contributed by atoms with Crippen molar-refractivity contribution in [2.75, 3.05) is 12.4 Å². The Bertz CT molecular complexity index is 1050. The SMILES string of the molecule is COc1c([C@@H]2[C@@H](C(=O)Nc3ccnc(C(N)=O)c3)O[C@@](C)(C(F)F)[C@H]2C)ccc(F)c1F. The maximum Gasteiger partial charge on any atom is 0.267 e. The molecule has 1 aromatic carbocycles. The number of hydrogen-bond acceptors (Lipinski definition) is 5. The number of aromatic nitrogens is 1. The minimum Gasteiger partial charge on any atom is -0.493 e. The van der Waals surface area contributed by atoms with Crippen LogP contribution < -0.4 is 15.8 Å². The van der Waals surface area contributed by atoms with Crippen molar-refractivity contribution < 1.29 is 36.6 Å². The lowest BCUT2D eigenvalue weighted by atomic mass is 9.77. The average Bonchev–Trinajstić information content (AvgIpc) is 3.02. The van der Waals surface area contributed by atoms with Gasteiger partial charge in [0.15, 0.2) is 11.6 Å². The van der Waals surface area contributed by atoms with Crippen molar-refractivity contribution >= 4 is 17.5 Å². The molecular weight excluding hydrogens is 434 g/mol. The van der Waals surface area contributed by atoms with Gasteiger partial charge < -0.3 is 20.5 Å². The number of anilines is 1. The standard InChI is InChI=1S/C21H21F4N3O4/c1-9-14(11-4-5-12(22)15(23)16(11)31-3)17(32-21(9,2)20(24)25)19(30)28-10-6-7-27-13(8-10)18(26)29/h4-9,14,17,20H,1-3H3,(H2,26,29)(H,27,28,30)/t9-,14+,17-,21+/m0/s1. The highest BCUT2D eigenvalue weighted by molar-refractivity contribution is 5.97. The lowest BCUT2D eigenvalue weighted by Gasteiger charge is -2.28. The third-order valence-corrected chi connectivity index (χ3v) is 5.77. The lowest BCUT2D eigenvalue weighted by molar-refractivity contribution is -0.151. The molecule has 2 heterocycles. The predicted octanol–water partition coefficient (Wildman–Crippen LogP) is 3.25. The van der Waals surface area contributed by atoms with Gasteiger partial charge in [-0.15, -0.1) is 0 Å². The Morgan fingerprint density at radius 1 is 1.28 bits per heavy atom. The molecule has 0 bridgehead atoms. The fourth-order valence-electron chi connectivity index (χ4n) is 3.85. The Labute approximate surface area is 180 Å². The molecular formula is C21H21F4N3O4. The molecule has 3 rings (SSSR count). The fourth-order valence-corrected chi connectivity index (χ4v) is 3.85. The maximum atomic E-state index is 14.3. The third-order valence-electron chi connectivity index (χ3n) is 5.77. The quantitative estimate of drug-likeness (QED) is 0.651. The summed E-state index contributed by atoms with van der Waals surface area (Å²) in [6, 6.07) is 4.58. The minimum atomic E-state index is -2.98. The molecule has 0 saturated carbocycles. The summed E-state index contributed by atoms with van der Waals surface area (Å²) in [5.74, 6) is -6.75. The van der Waals surface area contributed by atoms with Crippen LogP contribution in [0.5, 0.6) is 5.75 Å². The van der Waals surface area contributed by atoms with E-state index in [1.54, 1.807) is 0 Å². The molecule has 0 radical (unpaired) electrons. The Balaban J connectivity index is 2.04. The molecule has 1 aliphatic heterocycles. The van der Waals surface area contributed by atoms with E-state index in [1.807, 2.05) is 0 Å². The number of halogens is 4. The van der Waals surface area contributed by atoms with E-state index in [1.165, 1.54) is 31.3 Å². The van der Waals surface area contributed by atoms with Gasteiger partial charge in [0, 0.05) is 29.3 Å². The van der Waals surface area contributed by atoms with Crippen molar-refractivity contribution in [2.24, 2.45) is 11.7 Å². The molecule has 1 aromatic heterocycles. The second-order valence-corrected chi connectivity index (χ2v) is 7.60. The summed E-state index contributed by atoms with van der Waals surface area (Å²) < 4.78 is 66.4. The maximum absolute atomic E-state index is 14.3.